The highest BCUT2D eigenvalue weighted by Crippen LogP contribution is 2.48. The number of nitrogens with zero attached hydrogens (tertiary/aromatic N) is 2. The molecule has 2 saturated heterocycles. The number of halogens is 2. The minimum absolute atomic E-state index is 0.288. The standard InChI is InChI=1S/C24H18BrClN2O3/c1-14-10-11-17(26)13-19(14)27-23(29)20-21(15-6-5-7-16(25)12-15)28(31-22(20)24(27)30)18-8-3-2-4-9-18/h2-13,20-22H,1H3. The summed E-state index contributed by atoms with van der Waals surface area (Å²) in [6, 6.07) is 22.0. The highest BCUT2D eigenvalue weighted by atomic mass is 79.9. The van der Waals surface area contributed by atoms with Gasteiger partial charge in [-0.1, -0.05) is 63.9 Å². The van der Waals surface area contributed by atoms with E-state index in [2.05, 4.69) is 15.9 Å². The number of para-hydroxylation sites is 1. The maximum atomic E-state index is 13.7. The van der Waals surface area contributed by atoms with Crippen molar-refractivity contribution in [2.45, 2.75) is 19.1 Å². The Bertz CT molecular complexity index is 1190. The van der Waals surface area contributed by atoms with Gasteiger partial charge >= 0.3 is 0 Å². The maximum Gasteiger partial charge on any atom is 0.266 e. The Kier molecular flexibility index (Phi) is 5.08. The summed E-state index contributed by atoms with van der Waals surface area (Å²) < 4.78 is 0.890. The molecule has 0 saturated carbocycles. The van der Waals surface area contributed by atoms with E-state index in [-0.39, 0.29) is 11.8 Å². The molecule has 0 spiro atoms. The summed E-state index contributed by atoms with van der Waals surface area (Å²) in [6.07, 6.45) is -0.907. The number of carbonyl (C=O) groups is 2. The van der Waals surface area contributed by atoms with Crippen LogP contribution >= 0.6 is 27.5 Å². The summed E-state index contributed by atoms with van der Waals surface area (Å²) in [5.74, 6) is -1.34. The molecule has 2 amide bonds. The second kappa shape index (κ2) is 7.79. The molecule has 5 rings (SSSR count). The van der Waals surface area contributed by atoms with Crippen molar-refractivity contribution < 1.29 is 14.4 Å². The molecule has 3 atom stereocenters. The van der Waals surface area contributed by atoms with E-state index in [9.17, 15) is 9.59 Å². The quantitative estimate of drug-likeness (QED) is 0.451. The van der Waals surface area contributed by atoms with Gasteiger partial charge in [0.15, 0.2) is 6.10 Å². The summed E-state index contributed by atoms with van der Waals surface area (Å²) in [5.41, 5.74) is 2.97. The van der Waals surface area contributed by atoms with Crippen LogP contribution in [-0.2, 0) is 14.4 Å². The molecule has 2 aliphatic heterocycles. The van der Waals surface area contributed by atoms with Crippen LogP contribution in [0.15, 0.2) is 77.3 Å². The predicted molar refractivity (Wildman–Crippen MR) is 123 cm³/mol. The number of rotatable bonds is 3. The number of benzene rings is 3. The Balaban J connectivity index is 1.61. The van der Waals surface area contributed by atoms with E-state index in [4.69, 9.17) is 16.4 Å². The number of aryl methyl sites for hydroxylation is 1. The molecule has 7 heteroatoms. The zero-order chi connectivity index (χ0) is 21.7. The van der Waals surface area contributed by atoms with E-state index < -0.39 is 18.1 Å². The molecule has 5 nitrogen and oxygen atoms in total. The van der Waals surface area contributed by atoms with Crippen molar-refractivity contribution >= 4 is 50.7 Å². The number of fused-ring (bicyclic) bond motifs is 1. The Hall–Kier alpha value is -2.67. The van der Waals surface area contributed by atoms with E-state index >= 15 is 0 Å². The SMILES string of the molecule is Cc1ccc(Cl)cc1N1C(=O)C2ON(c3ccccc3)C(c3cccc(Br)c3)C2C1=O. The van der Waals surface area contributed by atoms with Gasteiger partial charge in [-0.2, -0.15) is 0 Å². The van der Waals surface area contributed by atoms with Crippen molar-refractivity contribution in [1.29, 1.82) is 0 Å². The fourth-order valence-electron chi connectivity index (χ4n) is 4.30. The van der Waals surface area contributed by atoms with Crippen molar-refractivity contribution in [3.8, 4) is 0 Å². The first kappa shape index (κ1) is 20.2. The van der Waals surface area contributed by atoms with Gasteiger partial charge in [0.05, 0.1) is 17.4 Å². The van der Waals surface area contributed by atoms with Gasteiger partial charge in [0.1, 0.15) is 5.92 Å². The number of imide groups is 1. The molecule has 3 aromatic carbocycles. The maximum absolute atomic E-state index is 13.7. The molecule has 3 unspecified atom stereocenters. The van der Waals surface area contributed by atoms with Crippen molar-refractivity contribution in [1.82, 2.24) is 0 Å². The Labute approximate surface area is 193 Å². The van der Waals surface area contributed by atoms with Crippen LogP contribution in [0, 0.1) is 12.8 Å². The second-order valence-electron chi connectivity index (χ2n) is 7.66. The van der Waals surface area contributed by atoms with E-state index in [0.29, 0.717) is 10.7 Å². The summed E-state index contributed by atoms with van der Waals surface area (Å²) in [4.78, 5) is 34.4. The Morgan fingerprint density at radius 1 is 0.935 bits per heavy atom. The van der Waals surface area contributed by atoms with Gasteiger partial charge in [-0.05, 0) is 54.4 Å². The first-order valence-corrected chi connectivity index (χ1v) is 11.0. The lowest BCUT2D eigenvalue weighted by molar-refractivity contribution is -0.126. The minimum Gasteiger partial charge on any atom is -0.273 e. The second-order valence-corrected chi connectivity index (χ2v) is 9.01. The monoisotopic (exact) mass is 496 g/mol. The third-order valence-electron chi connectivity index (χ3n) is 5.73. The zero-order valence-electron chi connectivity index (χ0n) is 16.5. The van der Waals surface area contributed by atoms with Crippen LogP contribution in [0.4, 0.5) is 11.4 Å². The number of hydrogen-bond acceptors (Lipinski definition) is 4. The Morgan fingerprint density at radius 3 is 2.45 bits per heavy atom. The Morgan fingerprint density at radius 2 is 1.71 bits per heavy atom. The van der Waals surface area contributed by atoms with E-state index in [1.54, 1.807) is 23.3 Å². The zero-order valence-corrected chi connectivity index (χ0v) is 18.9. The number of carbonyl (C=O) groups excluding carboxylic acids is 2. The third-order valence-corrected chi connectivity index (χ3v) is 6.46. The average molecular weight is 498 g/mol. The van der Waals surface area contributed by atoms with Crippen molar-refractivity contribution in [3.63, 3.8) is 0 Å². The van der Waals surface area contributed by atoms with Crippen molar-refractivity contribution in [3.05, 3.63) is 93.4 Å². The number of anilines is 2. The number of hydroxylamine groups is 1. The molecule has 0 aromatic heterocycles. The van der Waals surface area contributed by atoms with Gasteiger partial charge in [-0.25, -0.2) is 9.96 Å². The number of hydrogen-bond donors (Lipinski definition) is 0. The van der Waals surface area contributed by atoms with Crippen LogP contribution in [0.3, 0.4) is 0 Å². The molecule has 2 heterocycles. The fraction of sp³-hybridized carbons (Fsp3) is 0.167. The third kappa shape index (κ3) is 3.35. The summed E-state index contributed by atoms with van der Waals surface area (Å²) in [7, 11) is 0. The van der Waals surface area contributed by atoms with Gasteiger partial charge in [-0.3, -0.25) is 14.4 Å². The molecule has 2 aliphatic rings. The first-order valence-electron chi connectivity index (χ1n) is 9.86. The van der Waals surface area contributed by atoms with Crippen molar-refractivity contribution in [2.24, 2.45) is 5.92 Å². The van der Waals surface area contributed by atoms with Gasteiger partial charge in [0, 0.05) is 9.50 Å². The molecule has 0 radical (unpaired) electrons. The topological polar surface area (TPSA) is 49.9 Å². The molecule has 2 fully saturated rings. The lowest BCUT2D eigenvalue weighted by Crippen LogP contribution is -2.37. The van der Waals surface area contributed by atoms with Crippen molar-refractivity contribution in [2.75, 3.05) is 9.96 Å². The highest BCUT2D eigenvalue weighted by molar-refractivity contribution is 9.10. The summed E-state index contributed by atoms with van der Waals surface area (Å²) in [6.45, 7) is 1.85. The molecule has 0 N–H and O–H groups in total. The summed E-state index contributed by atoms with van der Waals surface area (Å²) in [5, 5.41) is 2.16. The summed E-state index contributed by atoms with van der Waals surface area (Å²) >= 11 is 9.68. The number of amides is 2. The van der Waals surface area contributed by atoms with E-state index in [0.717, 1.165) is 21.3 Å². The van der Waals surface area contributed by atoms with Gasteiger partial charge < -0.3 is 0 Å². The molecule has 0 aliphatic carbocycles. The first-order chi connectivity index (χ1) is 15.0. The molecular formula is C24H18BrClN2O3. The lowest BCUT2D eigenvalue weighted by Gasteiger charge is -2.29. The van der Waals surface area contributed by atoms with Crippen LogP contribution in [0.25, 0.3) is 0 Å². The smallest absolute Gasteiger partial charge is 0.266 e. The van der Waals surface area contributed by atoms with Crippen LogP contribution in [0.1, 0.15) is 17.2 Å². The van der Waals surface area contributed by atoms with Crippen LogP contribution in [-0.4, -0.2) is 17.9 Å². The molecule has 31 heavy (non-hydrogen) atoms. The van der Waals surface area contributed by atoms with Gasteiger partial charge in [-0.15, -0.1) is 0 Å². The van der Waals surface area contributed by atoms with Crippen LogP contribution in [0.5, 0.6) is 0 Å². The largest absolute Gasteiger partial charge is 0.273 e. The normalized spacial score (nSPS) is 22.9. The molecule has 3 aromatic rings. The average Bonchev–Trinajstić information content (AvgIpc) is 3.27. The lowest BCUT2D eigenvalue weighted by atomic mass is 9.90. The van der Waals surface area contributed by atoms with Crippen LogP contribution < -0.4 is 9.96 Å². The molecule has 156 valence electrons. The van der Waals surface area contributed by atoms with E-state index in [1.165, 1.54) is 4.90 Å². The van der Waals surface area contributed by atoms with E-state index in [1.807, 2.05) is 61.5 Å². The van der Waals surface area contributed by atoms with Gasteiger partial charge in [0.25, 0.3) is 5.91 Å². The van der Waals surface area contributed by atoms with Crippen LogP contribution in [0.2, 0.25) is 5.02 Å². The molecule has 0 bridgehead atoms. The fourth-order valence-corrected chi connectivity index (χ4v) is 4.89. The highest BCUT2D eigenvalue weighted by Gasteiger charge is 2.60. The van der Waals surface area contributed by atoms with Gasteiger partial charge in [0.2, 0.25) is 5.91 Å². The minimum atomic E-state index is -0.907. The predicted octanol–water partition coefficient (Wildman–Crippen LogP) is 5.46. The molecular weight excluding hydrogens is 480 g/mol.